The van der Waals surface area contributed by atoms with Crippen LogP contribution in [0.2, 0.25) is 0 Å². The minimum absolute atomic E-state index is 0.153. The van der Waals surface area contributed by atoms with Crippen LogP contribution in [0.5, 0.6) is 0 Å². The molecule has 0 radical (unpaired) electrons. The van der Waals surface area contributed by atoms with E-state index in [4.69, 9.17) is 9.52 Å². The molecule has 2 rings (SSSR count). The third-order valence-electron chi connectivity index (χ3n) is 2.51. The van der Waals surface area contributed by atoms with Crippen molar-refractivity contribution in [3.8, 4) is 0 Å². The van der Waals surface area contributed by atoms with Crippen molar-refractivity contribution >= 4 is 11.9 Å². The number of oxazole rings is 1. The summed E-state index contributed by atoms with van der Waals surface area (Å²) in [6.45, 7) is 0. The van der Waals surface area contributed by atoms with Gasteiger partial charge in [-0.1, -0.05) is 30.3 Å². The van der Waals surface area contributed by atoms with Crippen LogP contribution in [0.15, 0.2) is 47.2 Å². The monoisotopic (exact) mass is 260 g/mol. The van der Waals surface area contributed by atoms with E-state index in [1.54, 1.807) is 12.1 Å². The number of rotatable bonds is 5. The molecule has 0 aliphatic rings. The molecule has 2 aromatic rings. The van der Waals surface area contributed by atoms with Gasteiger partial charge in [-0.25, -0.2) is 9.78 Å². The minimum atomic E-state index is -1.11. The summed E-state index contributed by atoms with van der Waals surface area (Å²) in [4.78, 5) is 26.5. The largest absolute Gasteiger partial charge is 0.480 e. The Kier molecular flexibility index (Phi) is 3.92. The molecule has 0 aliphatic heterocycles. The first-order valence-electron chi connectivity index (χ1n) is 5.64. The van der Waals surface area contributed by atoms with Crippen LogP contribution < -0.4 is 5.32 Å². The average molecular weight is 260 g/mol. The van der Waals surface area contributed by atoms with E-state index in [0.717, 1.165) is 5.56 Å². The maximum absolute atomic E-state index is 11.7. The number of nitrogens with zero attached hydrogens (tertiary/aromatic N) is 1. The zero-order valence-electron chi connectivity index (χ0n) is 9.95. The topological polar surface area (TPSA) is 92.4 Å². The van der Waals surface area contributed by atoms with Crippen LogP contribution in [-0.2, 0) is 11.2 Å². The van der Waals surface area contributed by atoms with Gasteiger partial charge in [-0.3, -0.25) is 4.79 Å². The fourth-order valence-corrected chi connectivity index (χ4v) is 1.61. The Morgan fingerprint density at radius 3 is 2.63 bits per heavy atom. The molecule has 98 valence electrons. The number of amides is 1. The maximum atomic E-state index is 11.7. The first-order chi connectivity index (χ1) is 9.16. The van der Waals surface area contributed by atoms with Gasteiger partial charge >= 0.3 is 11.9 Å². The zero-order chi connectivity index (χ0) is 13.7. The number of hydrogen-bond acceptors (Lipinski definition) is 4. The van der Waals surface area contributed by atoms with E-state index in [-0.39, 0.29) is 12.3 Å². The van der Waals surface area contributed by atoms with E-state index in [1.165, 1.54) is 12.5 Å². The molecule has 0 bridgehead atoms. The highest BCUT2D eigenvalue weighted by atomic mass is 16.4. The molecule has 0 saturated heterocycles. The van der Waals surface area contributed by atoms with E-state index in [9.17, 15) is 9.59 Å². The van der Waals surface area contributed by atoms with Crippen LogP contribution in [0, 0.1) is 0 Å². The summed E-state index contributed by atoms with van der Waals surface area (Å²) in [5, 5.41) is 11.5. The highest BCUT2D eigenvalue weighted by Crippen LogP contribution is 2.04. The van der Waals surface area contributed by atoms with Gasteiger partial charge in [-0.2, -0.15) is 0 Å². The fraction of sp³-hybridized carbons (Fsp3) is 0.154. The average Bonchev–Trinajstić information content (AvgIpc) is 2.93. The molecule has 0 saturated carbocycles. The van der Waals surface area contributed by atoms with Crippen LogP contribution >= 0.6 is 0 Å². The fourth-order valence-electron chi connectivity index (χ4n) is 1.61. The first-order valence-corrected chi connectivity index (χ1v) is 5.64. The quantitative estimate of drug-likeness (QED) is 0.839. The zero-order valence-corrected chi connectivity index (χ0v) is 9.95. The number of carboxylic acids is 1. The summed E-state index contributed by atoms with van der Waals surface area (Å²) in [5.74, 6) is -1.91. The normalized spacial score (nSPS) is 11.8. The Morgan fingerprint density at radius 2 is 2.05 bits per heavy atom. The second-order valence-electron chi connectivity index (χ2n) is 3.89. The van der Waals surface area contributed by atoms with Crippen LogP contribution in [0.1, 0.15) is 16.2 Å². The van der Waals surface area contributed by atoms with Crippen molar-refractivity contribution in [2.24, 2.45) is 0 Å². The molecule has 0 unspecified atom stereocenters. The minimum Gasteiger partial charge on any atom is -0.480 e. The number of aromatic nitrogens is 1. The Morgan fingerprint density at radius 1 is 1.32 bits per heavy atom. The molecule has 1 atom stereocenters. The number of carbonyl (C=O) groups is 2. The van der Waals surface area contributed by atoms with E-state index in [0.29, 0.717) is 0 Å². The van der Waals surface area contributed by atoms with E-state index < -0.39 is 17.9 Å². The van der Waals surface area contributed by atoms with Crippen LogP contribution in [0.25, 0.3) is 0 Å². The number of carbonyl (C=O) groups excluding carboxylic acids is 1. The molecule has 6 heteroatoms. The lowest BCUT2D eigenvalue weighted by Gasteiger charge is -2.13. The Labute approximate surface area is 109 Å². The number of aliphatic carboxylic acids is 1. The number of benzene rings is 1. The van der Waals surface area contributed by atoms with Crippen molar-refractivity contribution in [1.82, 2.24) is 10.3 Å². The van der Waals surface area contributed by atoms with Crippen LogP contribution in [-0.4, -0.2) is 28.0 Å². The molecule has 0 spiro atoms. The highest BCUT2D eigenvalue weighted by Gasteiger charge is 2.22. The van der Waals surface area contributed by atoms with Gasteiger partial charge in [-0.15, -0.1) is 0 Å². The van der Waals surface area contributed by atoms with Gasteiger partial charge in [0.1, 0.15) is 12.3 Å². The summed E-state index contributed by atoms with van der Waals surface area (Å²) in [6.07, 6.45) is 2.77. The molecule has 0 fully saturated rings. The summed E-state index contributed by atoms with van der Waals surface area (Å²) in [5.41, 5.74) is 0.822. The Balaban J connectivity index is 2.05. The van der Waals surface area contributed by atoms with Gasteiger partial charge in [-0.05, 0) is 5.56 Å². The van der Waals surface area contributed by atoms with Crippen LogP contribution in [0.4, 0.5) is 0 Å². The third-order valence-corrected chi connectivity index (χ3v) is 2.51. The van der Waals surface area contributed by atoms with Gasteiger partial charge in [0.05, 0.1) is 6.20 Å². The lowest BCUT2D eigenvalue weighted by atomic mass is 10.1. The van der Waals surface area contributed by atoms with Gasteiger partial charge in [0.15, 0.2) is 0 Å². The smallest absolute Gasteiger partial charge is 0.326 e. The molecule has 6 nitrogen and oxygen atoms in total. The van der Waals surface area contributed by atoms with Gasteiger partial charge in [0.25, 0.3) is 5.89 Å². The third kappa shape index (κ3) is 3.41. The molecule has 0 aliphatic carbocycles. The van der Waals surface area contributed by atoms with Gasteiger partial charge in [0, 0.05) is 6.42 Å². The van der Waals surface area contributed by atoms with E-state index in [2.05, 4.69) is 10.3 Å². The summed E-state index contributed by atoms with van der Waals surface area (Å²) in [6, 6.07) is 8.03. The summed E-state index contributed by atoms with van der Waals surface area (Å²) < 4.78 is 4.81. The molecule has 19 heavy (non-hydrogen) atoms. The SMILES string of the molecule is O=C(N[C@@H](Cc1ccccc1)C(=O)O)c1ncco1. The maximum Gasteiger partial charge on any atom is 0.326 e. The van der Waals surface area contributed by atoms with E-state index >= 15 is 0 Å². The first kappa shape index (κ1) is 12.8. The van der Waals surface area contributed by atoms with Gasteiger partial charge in [0.2, 0.25) is 0 Å². The van der Waals surface area contributed by atoms with Crippen LogP contribution in [0.3, 0.4) is 0 Å². The number of nitrogens with one attached hydrogen (secondary N) is 1. The molecule has 1 amide bonds. The lowest BCUT2D eigenvalue weighted by Crippen LogP contribution is -2.42. The van der Waals surface area contributed by atoms with E-state index in [1.807, 2.05) is 18.2 Å². The van der Waals surface area contributed by atoms with Crippen molar-refractivity contribution < 1.29 is 19.1 Å². The molecular weight excluding hydrogens is 248 g/mol. The standard InChI is InChI=1S/C13H12N2O4/c16-11(12-14-6-7-19-12)15-10(13(17)18)8-9-4-2-1-3-5-9/h1-7,10H,8H2,(H,15,16)(H,17,18)/t10-/m0/s1. The second-order valence-corrected chi connectivity index (χ2v) is 3.89. The molecule has 1 aromatic heterocycles. The second kappa shape index (κ2) is 5.81. The van der Waals surface area contributed by atoms with Crippen molar-refractivity contribution in [1.29, 1.82) is 0 Å². The molecule has 1 aromatic carbocycles. The predicted octanol–water partition coefficient (Wildman–Crippen LogP) is 1.10. The lowest BCUT2D eigenvalue weighted by molar-refractivity contribution is -0.139. The van der Waals surface area contributed by atoms with Crippen molar-refractivity contribution in [3.05, 3.63) is 54.2 Å². The number of carboxylic acid groups (broad SMARTS) is 1. The van der Waals surface area contributed by atoms with Crippen molar-refractivity contribution in [2.45, 2.75) is 12.5 Å². The number of hydrogen-bond donors (Lipinski definition) is 2. The summed E-state index contributed by atoms with van der Waals surface area (Å²) in [7, 11) is 0. The molecule has 1 heterocycles. The highest BCUT2D eigenvalue weighted by molar-refractivity contribution is 5.92. The van der Waals surface area contributed by atoms with Crippen molar-refractivity contribution in [3.63, 3.8) is 0 Å². The Hall–Kier alpha value is -2.63. The Bertz CT molecular complexity index is 551. The summed E-state index contributed by atoms with van der Waals surface area (Å²) >= 11 is 0. The molecular formula is C13H12N2O4. The van der Waals surface area contributed by atoms with Gasteiger partial charge < -0.3 is 14.8 Å². The predicted molar refractivity (Wildman–Crippen MR) is 65.5 cm³/mol. The molecule has 2 N–H and O–H groups in total. The van der Waals surface area contributed by atoms with Crippen molar-refractivity contribution in [2.75, 3.05) is 0 Å².